The van der Waals surface area contributed by atoms with Gasteiger partial charge in [0, 0.05) is 13.0 Å². The van der Waals surface area contributed by atoms with Crippen molar-refractivity contribution in [1.82, 2.24) is 15.3 Å². The number of esters is 1. The monoisotopic (exact) mass is 363 g/mol. The number of carbonyl (C=O) groups excluding carboxylic acids is 1. The number of benzene rings is 1. The fourth-order valence-corrected chi connectivity index (χ4v) is 2.90. The molecule has 0 saturated carbocycles. The predicted molar refractivity (Wildman–Crippen MR) is 91.1 cm³/mol. The smallest absolute Gasteiger partial charge is 0.323 e. The van der Waals surface area contributed by atoms with Crippen LogP contribution in [0.15, 0.2) is 36.9 Å². The van der Waals surface area contributed by atoms with Crippen molar-refractivity contribution >= 4 is 17.0 Å². The van der Waals surface area contributed by atoms with Crippen LogP contribution in [0.1, 0.15) is 19.0 Å². The lowest BCUT2D eigenvalue weighted by atomic mass is 10.0. The van der Waals surface area contributed by atoms with Crippen LogP contribution in [-0.4, -0.2) is 41.2 Å². The first-order valence-electron chi connectivity index (χ1n) is 8.07. The van der Waals surface area contributed by atoms with Gasteiger partial charge in [-0.2, -0.15) is 8.78 Å². The van der Waals surface area contributed by atoms with Crippen molar-refractivity contribution in [3.8, 4) is 5.88 Å². The Morgan fingerprint density at radius 2 is 2.04 bits per heavy atom. The van der Waals surface area contributed by atoms with Gasteiger partial charge in [-0.1, -0.05) is 18.7 Å². The van der Waals surface area contributed by atoms with Gasteiger partial charge in [-0.15, -0.1) is 0 Å². The molecule has 1 saturated heterocycles. The van der Waals surface area contributed by atoms with Crippen LogP contribution in [-0.2, 0) is 15.5 Å². The number of alkyl halides is 2. The zero-order valence-electron chi connectivity index (χ0n) is 14.5. The number of fused-ring (bicyclic) bond motifs is 1. The molecule has 0 bridgehead atoms. The lowest BCUT2D eigenvalue weighted by Gasteiger charge is -2.26. The van der Waals surface area contributed by atoms with E-state index in [9.17, 15) is 13.6 Å². The van der Waals surface area contributed by atoms with Gasteiger partial charge in [0.15, 0.2) is 5.69 Å². The summed E-state index contributed by atoms with van der Waals surface area (Å²) in [6, 6.07) is 6.12. The molecule has 0 amide bonds. The first-order chi connectivity index (χ1) is 12.3. The molecule has 1 aromatic carbocycles. The SMILES string of the molecule is C=CC(F)(F)c1nc2ccccc2nc1O[C@@]1(C)CN[C@H](C(=O)OC)C1. The van der Waals surface area contributed by atoms with E-state index in [4.69, 9.17) is 9.47 Å². The largest absolute Gasteiger partial charge is 0.468 e. The third-order valence-electron chi connectivity index (χ3n) is 4.30. The fraction of sp³-hybridized carbons (Fsp3) is 0.389. The van der Waals surface area contributed by atoms with Crippen molar-refractivity contribution in [1.29, 1.82) is 0 Å². The maximum absolute atomic E-state index is 14.3. The van der Waals surface area contributed by atoms with Crippen LogP contribution in [0.25, 0.3) is 11.0 Å². The molecular formula is C18H19F2N3O3. The Balaban J connectivity index is 2.00. The number of halogens is 2. The van der Waals surface area contributed by atoms with Crippen molar-refractivity contribution in [2.45, 2.75) is 30.9 Å². The summed E-state index contributed by atoms with van der Waals surface area (Å²) >= 11 is 0. The maximum Gasteiger partial charge on any atom is 0.323 e. The molecule has 0 radical (unpaired) electrons. The lowest BCUT2D eigenvalue weighted by Crippen LogP contribution is -2.36. The third kappa shape index (κ3) is 3.37. The van der Waals surface area contributed by atoms with Gasteiger partial charge in [0.1, 0.15) is 11.6 Å². The van der Waals surface area contributed by atoms with Crippen LogP contribution < -0.4 is 10.1 Å². The minimum atomic E-state index is -3.41. The number of hydrogen-bond acceptors (Lipinski definition) is 6. The molecule has 26 heavy (non-hydrogen) atoms. The van der Waals surface area contributed by atoms with Crippen molar-refractivity contribution in [3.05, 3.63) is 42.6 Å². The number of nitrogens with zero attached hydrogens (tertiary/aromatic N) is 2. The second-order valence-corrected chi connectivity index (χ2v) is 6.41. The molecule has 0 unspecified atom stereocenters. The first kappa shape index (κ1) is 18.2. The number of rotatable bonds is 5. The number of allylic oxidation sites excluding steroid dienone is 1. The quantitative estimate of drug-likeness (QED) is 0.650. The molecule has 2 heterocycles. The Hall–Kier alpha value is -2.61. The molecule has 2 aromatic rings. The Morgan fingerprint density at radius 1 is 1.38 bits per heavy atom. The van der Waals surface area contributed by atoms with Gasteiger partial charge in [-0.05, 0) is 25.1 Å². The summed E-state index contributed by atoms with van der Waals surface area (Å²) in [6.45, 7) is 5.17. The number of ether oxygens (including phenoxy) is 2. The summed E-state index contributed by atoms with van der Waals surface area (Å²) in [5.41, 5.74) is -0.750. The minimum Gasteiger partial charge on any atom is -0.468 e. The minimum absolute atomic E-state index is 0.257. The van der Waals surface area contributed by atoms with Gasteiger partial charge in [-0.25, -0.2) is 9.97 Å². The second kappa shape index (κ2) is 6.60. The van der Waals surface area contributed by atoms with Crippen LogP contribution in [0.3, 0.4) is 0 Å². The molecule has 138 valence electrons. The van der Waals surface area contributed by atoms with Crippen LogP contribution in [0.4, 0.5) is 8.78 Å². The van der Waals surface area contributed by atoms with Gasteiger partial charge in [-0.3, -0.25) is 4.79 Å². The van der Waals surface area contributed by atoms with E-state index in [-0.39, 0.29) is 18.8 Å². The highest BCUT2D eigenvalue weighted by Gasteiger charge is 2.43. The molecule has 1 aromatic heterocycles. The highest BCUT2D eigenvalue weighted by molar-refractivity contribution is 5.76. The summed E-state index contributed by atoms with van der Waals surface area (Å²) in [5, 5.41) is 2.97. The van der Waals surface area contributed by atoms with Crippen LogP contribution >= 0.6 is 0 Å². The van der Waals surface area contributed by atoms with Crippen LogP contribution in [0, 0.1) is 0 Å². The van der Waals surface area contributed by atoms with Gasteiger partial charge in [0.2, 0.25) is 5.88 Å². The zero-order valence-corrected chi connectivity index (χ0v) is 14.5. The van der Waals surface area contributed by atoms with E-state index >= 15 is 0 Å². The molecule has 0 spiro atoms. The van der Waals surface area contributed by atoms with Gasteiger partial charge in [0.25, 0.3) is 0 Å². The van der Waals surface area contributed by atoms with E-state index in [1.807, 2.05) is 0 Å². The summed E-state index contributed by atoms with van der Waals surface area (Å²) < 4.78 is 39.2. The van der Waals surface area contributed by atoms with Crippen molar-refractivity contribution in [2.24, 2.45) is 0 Å². The van der Waals surface area contributed by atoms with Crippen molar-refractivity contribution in [2.75, 3.05) is 13.7 Å². The standard InChI is InChI=1S/C18H19F2N3O3/c1-4-18(19,20)14-15(23-12-8-6-5-7-11(12)22-14)26-17(2)9-13(21-10-17)16(24)25-3/h4-8,13,21H,1,9-10H2,2-3H3/t13-,17+/m0/s1. The Morgan fingerprint density at radius 3 is 2.65 bits per heavy atom. The zero-order chi connectivity index (χ0) is 18.9. The lowest BCUT2D eigenvalue weighted by molar-refractivity contribution is -0.143. The number of methoxy groups -OCH3 is 1. The molecule has 0 aliphatic carbocycles. The third-order valence-corrected chi connectivity index (χ3v) is 4.30. The Bertz CT molecular complexity index is 859. The molecule has 1 aliphatic heterocycles. The van der Waals surface area contributed by atoms with Gasteiger partial charge in [0.05, 0.1) is 18.1 Å². The first-order valence-corrected chi connectivity index (χ1v) is 8.07. The van der Waals surface area contributed by atoms with Gasteiger partial charge >= 0.3 is 11.9 Å². The summed E-state index contributed by atoms with van der Waals surface area (Å²) in [7, 11) is 1.29. The fourth-order valence-electron chi connectivity index (χ4n) is 2.90. The molecule has 3 rings (SSSR count). The summed E-state index contributed by atoms with van der Waals surface area (Å²) in [6.07, 6.45) is 0.762. The van der Waals surface area contributed by atoms with Gasteiger partial charge < -0.3 is 14.8 Å². The molecule has 8 heteroatoms. The second-order valence-electron chi connectivity index (χ2n) is 6.41. The average Bonchev–Trinajstić information content (AvgIpc) is 3.02. The normalized spacial score (nSPS) is 23.0. The van der Waals surface area contributed by atoms with Crippen molar-refractivity contribution < 1.29 is 23.0 Å². The van der Waals surface area contributed by atoms with Crippen LogP contribution in [0.5, 0.6) is 5.88 Å². The number of aromatic nitrogens is 2. The molecule has 1 fully saturated rings. The van der Waals surface area contributed by atoms with Crippen LogP contribution in [0.2, 0.25) is 0 Å². The molecule has 6 nitrogen and oxygen atoms in total. The topological polar surface area (TPSA) is 73.3 Å². The molecule has 2 atom stereocenters. The summed E-state index contributed by atoms with van der Waals surface area (Å²) in [4.78, 5) is 20.0. The van der Waals surface area contributed by atoms with E-state index in [1.165, 1.54) is 7.11 Å². The molecule has 1 aliphatic rings. The number of carbonyl (C=O) groups is 1. The maximum atomic E-state index is 14.3. The highest BCUT2D eigenvalue weighted by Crippen LogP contribution is 2.37. The molecule has 1 N–H and O–H groups in total. The van der Waals surface area contributed by atoms with Crippen molar-refractivity contribution in [3.63, 3.8) is 0 Å². The predicted octanol–water partition coefficient (Wildman–Crippen LogP) is 2.58. The highest BCUT2D eigenvalue weighted by atomic mass is 19.3. The van der Waals surface area contributed by atoms with E-state index in [2.05, 4.69) is 21.9 Å². The number of hydrogen-bond donors (Lipinski definition) is 1. The van der Waals surface area contributed by atoms with E-state index in [0.717, 1.165) is 0 Å². The van der Waals surface area contributed by atoms with E-state index in [1.54, 1.807) is 31.2 Å². The Kier molecular flexibility index (Phi) is 4.62. The summed E-state index contributed by atoms with van der Waals surface area (Å²) in [5.74, 6) is -4.11. The number of nitrogens with one attached hydrogen (secondary N) is 1. The average molecular weight is 363 g/mol. The molecular weight excluding hydrogens is 344 g/mol. The Labute approximate surface area is 149 Å². The van der Waals surface area contributed by atoms with E-state index < -0.39 is 29.2 Å². The van der Waals surface area contributed by atoms with E-state index in [0.29, 0.717) is 17.1 Å². The number of para-hydroxylation sites is 2.